The van der Waals surface area contributed by atoms with Gasteiger partial charge in [-0.3, -0.25) is 4.79 Å². The van der Waals surface area contributed by atoms with Crippen LogP contribution in [0.1, 0.15) is 21.5 Å². The van der Waals surface area contributed by atoms with E-state index in [1.165, 1.54) is 12.1 Å². The summed E-state index contributed by atoms with van der Waals surface area (Å²) in [5, 5.41) is 3.30. The third-order valence-electron chi connectivity index (χ3n) is 3.13. The maximum atomic E-state index is 13.2. The molecule has 0 fully saturated rings. The maximum Gasteiger partial charge on any atom is 0.251 e. The highest BCUT2D eigenvalue weighted by atomic mass is 35.5. The van der Waals surface area contributed by atoms with E-state index in [4.69, 9.17) is 16.3 Å². The SMILES string of the molecule is COc1ccc(Cl)cc1CNC(=O)c1cc(F)ccc1C. The Hall–Kier alpha value is -2.07. The quantitative estimate of drug-likeness (QED) is 0.934. The van der Waals surface area contributed by atoms with Crippen molar-refractivity contribution < 1.29 is 13.9 Å². The minimum absolute atomic E-state index is 0.249. The zero-order valence-electron chi connectivity index (χ0n) is 11.7. The molecule has 0 bridgehead atoms. The van der Waals surface area contributed by atoms with Gasteiger partial charge in [0.2, 0.25) is 0 Å². The van der Waals surface area contributed by atoms with Crippen LogP contribution in [0.2, 0.25) is 5.02 Å². The fraction of sp³-hybridized carbons (Fsp3) is 0.188. The summed E-state index contributed by atoms with van der Waals surface area (Å²) in [5.74, 6) is -0.143. The number of ether oxygens (including phenoxy) is 1. The first-order chi connectivity index (χ1) is 10.0. The van der Waals surface area contributed by atoms with Gasteiger partial charge in [-0.1, -0.05) is 17.7 Å². The van der Waals surface area contributed by atoms with Gasteiger partial charge in [0, 0.05) is 22.7 Å². The number of rotatable bonds is 4. The van der Waals surface area contributed by atoms with Crippen molar-refractivity contribution >= 4 is 17.5 Å². The van der Waals surface area contributed by atoms with Gasteiger partial charge in [-0.15, -0.1) is 0 Å². The van der Waals surface area contributed by atoms with Gasteiger partial charge in [0.05, 0.1) is 7.11 Å². The largest absolute Gasteiger partial charge is 0.496 e. The highest BCUT2D eigenvalue weighted by Crippen LogP contribution is 2.22. The Morgan fingerprint density at radius 2 is 2.05 bits per heavy atom. The Morgan fingerprint density at radius 1 is 1.29 bits per heavy atom. The molecule has 0 spiro atoms. The lowest BCUT2D eigenvalue weighted by molar-refractivity contribution is 0.0949. The van der Waals surface area contributed by atoms with E-state index in [0.717, 1.165) is 5.56 Å². The van der Waals surface area contributed by atoms with E-state index in [-0.39, 0.29) is 12.5 Å². The molecule has 2 rings (SSSR count). The van der Waals surface area contributed by atoms with Crippen molar-refractivity contribution in [3.8, 4) is 5.75 Å². The first-order valence-corrected chi connectivity index (χ1v) is 6.76. The average Bonchev–Trinajstić information content (AvgIpc) is 2.47. The molecule has 110 valence electrons. The number of hydrogen-bond acceptors (Lipinski definition) is 2. The molecule has 1 amide bonds. The zero-order chi connectivity index (χ0) is 15.4. The molecule has 0 atom stereocenters. The number of hydrogen-bond donors (Lipinski definition) is 1. The van der Waals surface area contributed by atoms with Gasteiger partial charge in [0.25, 0.3) is 5.91 Å². The lowest BCUT2D eigenvalue weighted by Crippen LogP contribution is -2.24. The predicted molar refractivity (Wildman–Crippen MR) is 80.3 cm³/mol. The fourth-order valence-corrected chi connectivity index (χ4v) is 2.19. The van der Waals surface area contributed by atoms with E-state index < -0.39 is 5.82 Å². The van der Waals surface area contributed by atoms with Crippen molar-refractivity contribution in [2.24, 2.45) is 0 Å². The molecule has 2 aromatic rings. The number of nitrogens with one attached hydrogen (secondary N) is 1. The van der Waals surface area contributed by atoms with E-state index >= 15 is 0 Å². The van der Waals surface area contributed by atoms with E-state index in [1.807, 2.05) is 0 Å². The van der Waals surface area contributed by atoms with Crippen LogP contribution < -0.4 is 10.1 Å². The van der Waals surface area contributed by atoms with Crippen LogP contribution in [-0.4, -0.2) is 13.0 Å². The van der Waals surface area contributed by atoms with E-state index in [9.17, 15) is 9.18 Å². The van der Waals surface area contributed by atoms with Crippen molar-refractivity contribution in [1.82, 2.24) is 5.32 Å². The number of carbonyl (C=O) groups is 1. The molecule has 0 unspecified atom stereocenters. The monoisotopic (exact) mass is 307 g/mol. The minimum Gasteiger partial charge on any atom is -0.496 e. The van der Waals surface area contributed by atoms with Crippen molar-refractivity contribution in [2.45, 2.75) is 13.5 Å². The standard InChI is InChI=1S/C16H15ClFNO2/c1-10-3-5-13(18)8-14(10)16(20)19-9-11-7-12(17)4-6-15(11)21-2/h3-8H,9H2,1-2H3,(H,19,20). The van der Waals surface area contributed by atoms with Gasteiger partial charge in [-0.05, 0) is 42.8 Å². The molecule has 0 aliphatic carbocycles. The van der Waals surface area contributed by atoms with Crippen molar-refractivity contribution in [1.29, 1.82) is 0 Å². The summed E-state index contributed by atoms with van der Waals surface area (Å²) in [6, 6.07) is 9.29. The lowest BCUT2D eigenvalue weighted by Gasteiger charge is -2.11. The van der Waals surface area contributed by atoms with Crippen LogP contribution in [0.3, 0.4) is 0 Å². The molecule has 5 heteroatoms. The number of aryl methyl sites for hydroxylation is 1. The molecular formula is C16H15ClFNO2. The summed E-state index contributed by atoms with van der Waals surface area (Å²) in [6.45, 7) is 2.01. The summed E-state index contributed by atoms with van der Waals surface area (Å²) in [7, 11) is 1.55. The summed E-state index contributed by atoms with van der Waals surface area (Å²) < 4.78 is 18.4. The Kier molecular flexibility index (Phi) is 4.81. The maximum absolute atomic E-state index is 13.2. The zero-order valence-corrected chi connectivity index (χ0v) is 12.5. The predicted octanol–water partition coefficient (Wildman–Crippen LogP) is 3.73. The Labute approximate surface area is 127 Å². The Bertz CT molecular complexity index is 673. The topological polar surface area (TPSA) is 38.3 Å². The number of benzene rings is 2. The van der Waals surface area contributed by atoms with Gasteiger partial charge in [0.1, 0.15) is 11.6 Å². The van der Waals surface area contributed by atoms with Crippen LogP contribution in [0.5, 0.6) is 5.75 Å². The van der Waals surface area contributed by atoms with Gasteiger partial charge in [-0.25, -0.2) is 4.39 Å². The smallest absolute Gasteiger partial charge is 0.251 e. The molecule has 0 heterocycles. The third kappa shape index (κ3) is 3.73. The molecular weight excluding hydrogens is 293 g/mol. The lowest BCUT2D eigenvalue weighted by atomic mass is 10.1. The molecule has 0 saturated carbocycles. The van der Waals surface area contributed by atoms with Gasteiger partial charge < -0.3 is 10.1 Å². The molecule has 0 aliphatic heterocycles. The van der Waals surface area contributed by atoms with Gasteiger partial charge in [-0.2, -0.15) is 0 Å². The molecule has 0 saturated heterocycles. The Morgan fingerprint density at radius 3 is 2.76 bits per heavy atom. The van der Waals surface area contributed by atoms with Gasteiger partial charge >= 0.3 is 0 Å². The van der Waals surface area contributed by atoms with Crippen molar-refractivity contribution in [2.75, 3.05) is 7.11 Å². The average molecular weight is 308 g/mol. The summed E-state index contributed by atoms with van der Waals surface area (Å²) >= 11 is 5.93. The molecule has 0 radical (unpaired) electrons. The second-order valence-corrected chi connectivity index (χ2v) is 5.03. The number of halogens is 2. The number of carbonyl (C=O) groups excluding carboxylic acids is 1. The summed E-state index contributed by atoms with van der Waals surface area (Å²) in [6.07, 6.45) is 0. The summed E-state index contributed by atoms with van der Waals surface area (Å²) in [5.41, 5.74) is 1.79. The summed E-state index contributed by atoms with van der Waals surface area (Å²) in [4.78, 5) is 12.1. The van der Waals surface area contributed by atoms with Crippen molar-refractivity contribution in [3.63, 3.8) is 0 Å². The van der Waals surface area contributed by atoms with Crippen LogP contribution in [0, 0.1) is 12.7 Å². The molecule has 3 nitrogen and oxygen atoms in total. The van der Waals surface area contributed by atoms with E-state index in [0.29, 0.717) is 21.9 Å². The highest BCUT2D eigenvalue weighted by Gasteiger charge is 2.11. The van der Waals surface area contributed by atoms with Gasteiger partial charge in [0.15, 0.2) is 0 Å². The second-order valence-electron chi connectivity index (χ2n) is 4.60. The van der Waals surface area contributed by atoms with E-state index in [1.54, 1.807) is 38.3 Å². The number of methoxy groups -OCH3 is 1. The van der Waals surface area contributed by atoms with Crippen LogP contribution >= 0.6 is 11.6 Å². The van der Waals surface area contributed by atoms with Crippen LogP contribution in [0.4, 0.5) is 4.39 Å². The first kappa shape index (κ1) is 15.3. The fourth-order valence-electron chi connectivity index (χ4n) is 1.99. The van der Waals surface area contributed by atoms with Crippen molar-refractivity contribution in [3.05, 3.63) is 63.9 Å². The normalized spacial score (nSPS) is 10.3. The van der Waals surface area contributed by atoms with Crippen LogP contribution in [-0.2, 0) is 6.54 Å². The second kappa shape index (κ2) is 6.59. The van der Waals surface area contributed by atoms with E-state index in [2.05, 4.69) is 5.32 Å². The molecule has 0 aromatic heterocycles. The van der Waals surface area contributed by atoms with Crippen LogP contribution in [0.25, 0.3) is 0 Å². The molecule has 0 aliphatic rings. The van der Waals surface area contributed by atoms with Crippen LogP contribution in [0.15, 0.2) is 36.4 Å². The highest BCUT2D eigenvalue weighted by molar-refractivity contribution is 6.30. The molecule has 1 N–H and O–H groups in total. The Balaban J connectivity index is 2.14. The molecule has 2 aromatic carbocycles. The third-order valence-corrected chi connectivity index (χ3v) is 3.36. The first-order valence-electron chi connectivity index (χ1n) is 6.38. The molecule has 21 heavy (non-hydrogen) atoms. The minimum atomic E-state index is -0.439. The number of amides is 1.